The Morgan fingerprint density at radius 3 is 2.67 bits per heavy atom. The van der Waals surface area contributed by atoms with Crippen LogP contribution in [0.25, 0.3) is 0 Å². The number of halogens is 2. The van der Waals surface area contributed by atoms with Crippen LogP contribution in [0, 0.1) is 12.7 Å². The molecule has 2 rings (SSSR count). The van der Waals surface area contributed by atoms with Gasteiger partial charge in [0.05, 0.1) is 16.9 Å². The van der Waals surface area contributed by atoms with Gasteiger partial charge in [-0.1, -0.05) is 35.9 Å². The van der Waals surface area contributed by atoms with Crippen molar-refractivity contribution < 1.29 is 4.39 Å². The molecule has 0 fully saturated rings. The first-order valence-electron chi connectivity index (χ1n) is 5.47. The molecular weight excluding hydrogens is 251 g/mol. The third-order valence-electron chi connectivity index (χ3n) is 2.52. The molecule has 0 aliphatic carbocycles. The van der Waals surface area contributed by atoms with Crippen LogP contribution in [0.4, 0.5) is 10.1 Å². The first kappa shape index (κ1) is 12.6. The molecule has 0 aliphatic rings. The lowest BCUT2D eigenvalue weighted by Gasteiger charge is -2.04. The molecular formula is C14H12ClFN2. The zero-order valence-corrected chi connectivity index (χ0v) is 10.6. The quantitative estimate of drug-likeness (QED) is 0.650. The number of nitrogens with zero attached hydrogens (tertiary/aromatic N) is 1. The predicted octanol–water partition coefficient (Wildman–Crippen LogP) is 4.23. The standard InChI is InChI=1S/C14H12ClFN2/c1-10-5-2-3-8-14(10)18-17-9-11-12(15)6-4-7-13(11)16/h2-9,18H,1H3/b17-9+. The normalized spacial score (nSPS) is 10.8. The molecule has 4 heteroatoms. The third-order valence-corrected chi connectivity index (χ3v) is 2.85. The summed E-state index contributed by atoms with van der Waals surface area (Å²) in [6, 6.07) is 12.2. The Hall–Kier alpha value is -1.87. The van der Waals surface area contributed by atoms with E-state index in [1.807, 2.05) is 31.2 Å². The molecule has 0 spiro atoms. The zero-order chi connectivity index (χ0) is 13.0. The van der Waals surface area contributed by atoms with Crippen LogP contribution in [0.15, 0.2) is 47.6 Å². The summed E-state index contributed by atoms with van der Waals surface area (Å²) in [5.41, 5.74) is 5.08. The average Bonchev–Trinajstić information content (AvgIpc) is 2.35. The van der Waals surface area contributed by atoms with Crippen LogP contribution in [0.3, 0.4) is 0 Å². The van der Waals surface area contributed by atoms with E-state index in [-0.39, 0.29) is 5.56 Å². The van der Waals surface area contributed by atoms with Gasteiger partial charge >= 0.3 is 0 Å². The van der Waals surface area contributed by atoms with Crippen LogP contribution in [0.1, 0.15) is 11.1 Å². The minimum Gasteiger partial charge on any atom is -0.278 e. The number of anilines is 1. The number of hydrogen-bond donors (Lipinski definition) is 1. The molecule has 0 aromatic heterocycles. The Morgan fingerprint density at radius 1 is 1.17 bits per heavy atom. The number of para-hydroxylation sites is 1. The van der Waals surface area contributed by atoms with E-state index in [0.29, 0.717) is 5.02 Å². The summed E-state index contributed by atoms with van der Waals surface area (Å²) in [4.78, 5) is 0. The van der Waals surface area contributed by atoms with E-state index in [4.69, 9.17) is 11.6 Å². The van der Waals surface area contributed by atoms with E-state index in [1.54, 1.807) is 12.1 Å². The highest BCUT2D eigenvalue weighted by molar-refractivity contribution is 6.33. The van der Waals surface area contributed by atoms with Gasteiger partial charge < -0.3 is 0 Å². The fourth-order valence-electron chi connectivity index (χ4n) is 1.50. The maximum absolute atomic E-state index is 13.5. The van der Waals surface area contributed by atoms with Crippen LogP contribution >= 0.6 is 11.6 Å². The molecule has 2 nitrogen and oxygen atoms in total. The summed E-state index contributed by atoms with van der Waals surface area (Å²) < 4.78 is 13.5. The summed E-state index contributed by atoms with van der Waals surface area (Å²) in [6.45, 7) is 1.97. The Kier molecular flexibility index (Phi) is 3.95. The van der Waals surface area contributed by atoms with Crippen LogP contribution in [-0.2, 0) is 0 Å². The van der Waals surface area contributed by atoms with Crippen molar-refractivity contribution in [1.29, 1.82) is 0 Å². The predicted molar refractivity (Wildman–Crippen MR) is 73.8 cm³/mol. The van der Waals surface area contributed by atoms with Crippen molar-refractivity contribution in [1.82, 2.24) is 0 Å². The summed E-state index contributed by atoms with van der Waals surface area (Å²) in [6.07, 6.45) is 1.38. The van der Waals surface area contributed by atoms with Gasteiger partial charge in [0.25, 0.3) is 0 Å². The summed E-state index contributed by atoms with van der Waals surface area (Å²) >= 11 is 5.88. The molecule has 92 valence electrons. The highest BCUT2D eigenvalue weighted by Gasteiger charge is 2.03. The molecule has 0 heterocycles. The molecule has 2 aromatic carbocycles. The number of aryl methyl sites for hydroxylation is 1. The molecule has 18 heavy (non-hydrogen) atoms. The van der Waals surface area contributed by atoms with Gasteiger partial charge in [-0.15, -0.1) is 0 Å². The largest absolute Gasteiger partial charge is 0.278 e. The maximum Gasteiger partial charge on any atom is 0.133 e. The number of hydrogen-bond acceptors (Lipinski definition) is 2. The molecule has 0 atom stereocenters. The smallest absolute Gasteiger partial charge is 0.133 e. The minimum atomic E-state index is -0.391. The van der Waals surface area contributed by atoms with E-state index < -0.39 is 5.82 Å². The van der Waals surface area contributed by atoms with Gasteiger partial charge in [0.2, 0.25) is 0 Å². The summed E-state index contributed by atoms with van der Waals surface area (Å²) in [7, 11) is 0. The van der Waals surface area contributed by atoms with Crippen molar-refractivity contribution in [2.45, 2.75) is 6.92 Å². The summed E-state index contributed by atoms with van der Waals surface area (Å²) in [5.74, 6) is -0.391. The second kappa shape index (κ2) is 5.65. The third kappa shape index (κ3) is 2.87. The van der Waals surface area contributed by atoms with Crippen molar-refractivity contribution in [3.63, 3.8) is 0 Å². The van der Waals surface area contributed by atoms with E-state index in [2.05, 4.69) is 10.5 Å². The second-order valence-electron chi connectivity index (χ2n) is 3.82. The van der Waals surface area contributed by atoms with Crippen molar-refractivity contribution in [2.75, 3.05) is 5.43 Å². The first-order chi connectivity index (χ1) is 8.68. The van der Waals surface area contributed by atoms with E-state index in [0.717, 1.165) is 11.3 Å². The van der Waals surface area contributed by atoms with E-state index in [1.165, 1.54) is 12.3 Å². The number of rotatable bonds is 3. The maximum atomic E-state index is 13.5. The first-order valence-corrected chi connectivity index (χ1v) is 5.85. The van der Waals surface area contributed by atoms with Gasteiger partial charge in [0.1, 0.15) is 5.82 Å². The lowest BCUT2D eigenvalue weighted by molar-refractivity contribution is 0.626. The molecule has 0 bridgehead atoms. The van der Waals surface area contributed by atoms with Crippen LogP contribution in [-0.4, -0.2) is 6.21 Å². The molecule has 1 N–H and O–H groups in total. The number of hydrazone groups is 1. The monoisotopic (exact) mass is 262 g/mol. The topological polar surface area (TPSA) is 24.4 Å². The summed E-state index contributed by atoms with van der Waals surface area (Å²) in [5, 5.41) is 4.33. The highest BCUT2D eigenvalue weighted by atomic mass is 35.5. The van der Waals surface area contributed by atoms with Gasteiger partial charge in [-0.2, -0.15) is 5.10 Å². The molecule has 2 aromatic rings. The molecule has 0 saturated heterocycles. The Balaban J connectivity index is 2.15. The Bertz CT molecular complexity index is 562. The molecule has 0 aliphatic heterocycles. The fraction of sp³-hybridized carbons (Fsp3) is 0.0714. The lowest BCUT2D eigenvalue weighted by atomic mass is 10.2. The zero-order valence-electron chi connectivity index (χ0n) is 9.82. The van der Waals surface area contributed by atoms with Crippen molar-refractivity contribution in [3.8, 4) is 0 Å². The molecule has 0 unspecified atom stereocenters. The van der Waals surface area contributed by atoms with E-state index >= 15 is 0 Å². The lowest BCUT2D eigenvalue weighted by Crippen LogP contribution is -1.95. The number of benzene rings is 2. The van der Waals surface area contributed by atoms with Gasteiger partial charge in [0.15, 0.2) is 0 Å². The second-order valence-corrected chi connectivity index (χ2v) is 4.23. The van der Waals surface area contributed by atoms with E-state index in [9.17, 15) is 4.39 Å². The highest BCUT2D eigenvalue weighted by Crippen LogP contribution is 2.17. The number of nitrogens with one attached hydrogen (secondary N) is 1. The van der Waals surface area contributed by atoms with Crippen molar-refractivity contribution >= 4 is 23.5 Å². The van der Waals surface area contributed by atoms with Crippen molar-refractivity contribution in [2.24, 2.45) is 5.10 Å². The Morgan fingerprint density at radius 2 is 1.94 bits per heavy atom. The van der Waals surface area contributed by atoms with Gasteiger partial charge in [-0.25, -0.2) is 4.39 Å². The van der Waals surface area contributed by atoms with Gasteiger partial charge in [-0.05, 0) is 30.7 Å². The van der Waals surface area contributed by atoms with Crippen LogP contribution < -0.4 is 5.43 Å². The van der Waals surface area contributed by atoms with Gasteiger partial charge in [0, 0.05) is 5.56 Å². The average molecular weight is 263 g/mol. The fourth-order valence-corrected chi connectivity index (χ4v) is 1.71. The Labute approximate surface area is 110 Å². The molecule has 0 saturated carbocycles. The van der Waals surface area contributed by atoms with Crippen LogP contribution in [0.2, 0.25) is 5.02 Å². The molecule has 0 radical (unpaired) electrons. The SMILES string of the molecule is Cc1ccccc1N/N=C/c1c(F)cccc1Cl. The van der Waals surface area contributed by atoms with Crippen LogP contribution in [0.5, 0.6) is 0 Å². The van der Waals surface area contributed by atoms with Gasteiger partial charge in [-0.3, -0.25) is 5.43 Å². The van der Waals surface area contributed by atoms with Crippen molar-refractivity contribution in [3.05, 3.63) is 64.4 Å². The minimum absolute atomic E-state index is 0.278. The molecule has 0 amide bonds.